The number of rotatable bonds is 5. The van der Waals surface area contributed by atoms with Gasteiger partial charge in [0.2, 0.25) is 0 Å². The second-order valence-corrected chi connectivity index (χ2v) is 6.59. The summed E-state index contributed by atoms with van der Waals surface area (Å²) in [5.41, 5.74) is 1.18. The highest BCUT2D eigenvalue weighted by Gasteiger charge is 2.26. The molecule has 1 aliphatic rings. The topological polar surface area (TPSA) is 33.9 Å². The molecule has 1 aromatic carbocycles. The number of aliphatic hydroxyl groups is 1. The first kappa shape index (κ1) is 15.3. The third kappa shape index (κ3) is 4.80. The molecule has 2 N–H and O–H groups in total. The van der Waals surface area contributed by atoms with Crippen molar-refractivity contribution in [2.75, 3.05) is 26.2 Å². The standard InChI is InChI=1S/C17H27NO2/c1-13-5-4-6-17(8-13)20-12-16(19)11-18-9-14(2)7-15(3)10-18/h4-6,8,14-16,19H,7,9-12H2,1-3H3/p+1/t14-,15+,16-/m1/s1. The van der Waals surface area contributed by atoms with Crippen LogP contribution in [-0.4, -0.2) is 37.5 Å². The molecule has 0 aliphatic carbocycles. The van der Waals surface area contributed by atoms with Crippen LogP contribution in [0.4, 0.5) is 0 Å². The van der Waals surface area contributed by atoms with Gasteiger partial charge in [-0.15, -0.1) is 0 Å². The van der Waals surface area contributed by atoms with Gasteiger partial charge in [0, 0.05) is 11.8 Å². The van der Waals surface area contributed by atoms with E-state index in [4.69, 9.17) is 4.74 Å². The van der Waals surface area contributed by atoms with Crippen LogP contribution in [-0.2, 0) is 0 Å². The Bertz CT molecular complexity index is 411. The lowest BCUT2D eigenvalue weighted by atomic mass is 9.92. The highest BCUT2D eigenvalue weighted by atomic mass is 16.5. The van der Waals surface area contributed by atoms with Crippen molar-refractivity contribution in [2.24, 2.45) is 11.8 Å². The van der Waals surface area contributed by atoms with Crippen LogP contribution in [0.3, 0.4) is 0 Å². The van der Waals surface area contributed by atoms with E-state index >= 15 is 0 Å². The number of piperidine rings is 1. The molecule has 20 heavy (non-hydrogen) atoms. The van der Waals surface area contributed by atoms with Crippen molar-refractivity contribution in [3.8, 4) is 5.75 Å². The van der Waals surface area contributed by atoms with Gasteiger partial charge in [-0.1, -0.05) is 26.0 Å². The fourth-order valence-electron chi connectivity index (χ4n) is 3.38. The second kappa shape index (κ2) is 7.09. The van der Waals surface area contributed by atoms with Crippen LogP contribution in [0, 0.1) is 18.8 Å². The summed E-state index contributed by atoms with van der Waals surface area (Å²) in [6.07, 6.45) is 0.933. The molecule has 1 fully saturated rings. The molecule has 1 unspecified atom stereocenters. The SMILES string of the molecule is Cc1cccc(OC[C@H](O)C[NH+]2C[C@H](C)C[C@H](C)C2)c1. The van der Waals surface area contributed by atoms with Gasteiger partial charge in [0.05, 0.1) is 13.1 Å². The second-order valence-electron chi connectivity index (χ2n) is 6.59. The van der Waals surface area contributed by atoms with E-state index in [1.807, 2.05) is 31.2 Å². The van der Waals surface area contributed by atoms with Crippen molar-refractivity contribution in [3.05, 3.63) is 29.8 Å². The molecule has 3 nitrogen and oxygen atoms in total. The largest absolute Gasteiger partial charge is 0.491 e. The van der Waals surface area contributed by atoms with Gasteiger partial charge in [-0.25, -0.2) is 0 Å². The molecule has 0 radical (unpaired) electrons. The van der Waals surface area contributed by atoms with Gasteiger partial charge in [-0.05, 0) is 31.0 Å². The molecule has 0 bridgehead atoms. The third-order valence-corrected chi connectivity index (χ3v) is 4.04. The highest BCUT2D eigenvalue weighted by molar-refractivity contribution is 5.27. The molecule has 1 aromatic rings. The molecule has 1 saturated heterocycles. The minimum atomic E-state index is -0.386. The van der Waals surface area contributed by atoms with Crippen molar-refractivity contribution in [1.29, 1.82) is 0 Å². The summed E-state index contributed by atoms with van der Waals surface area (Å²) in [5, 5.41) is 10.2. The van der Waals surface area contributed by atoms with E-state index in [1.54, 1.807) is 0 Å². The summed E-state index contributed by atoms with van der Waals surface area (Å²) in [6.45, 7) is 10.2. The summed E-state index contributed by atoms with van der Waals surface area (Å²) in [7, 11) is 0. The van der Waals surface area contributed by atoms with E-state index in [-0.39, 0.29) is 6.10 Å². The van der Waals surface area contributed by atoms with Gasteiger partial charge < -0.3 is 14.7 Å². The Balaban J connectivity index is 1.76. The normalized spacial score (nSPS) is 28.1. The summed E-state index contributed by atoms with van der Waals surface area (Å²) in [5.74, 6) is 2.37. The number of aliphatic hydroxyl groups excluding tert-OH is 1. The monoisotopic (exact) mass is 278 g/mol. The predicted molar refractivity (Wildman–Crippen MR) is 81.2 cm³/mol. The highest BCUT2D eigenvalue weighted by Crippen LogP contribution is 2.13. The van der Waals surface area contributed by atoms with Crippen LogP contribution in [0.5, 0.6) is 5.75 Å². The zero-order valence-corrected chi connectivity index (χ0v) is 12.9. The molecule has 0 saturated carbocycles. The Morgan fingerprint density at radius 2 is 2.00 bits per heavy atom. The number of nitrogens with one attached hydrogen (secondary N) is 1. The summed E-state index contributed by atoms with van der Waals surface area (Å²) in [6, 6.07) is 7.97. The Morgan fingerprint density at radius 3 is 2.65 bits per heavy atom. The van der Waals surface area contributed by atoms with E-state index in [0.717, 1.165) is 24.1 Å². The van der Waals surface area contributed by atoms with Crippen LogP contribution in [0.1, 0.15) is 25.8 Å². The number of hydrogen-bond acceptors (Lipinski definition) is 2. The van der Waals surface area contributed by atoms with E-state index in [0.29, 0.717) is 6.61 Å². The number of hydrogen-bond donors (Lipinski definition) is 2. The Kier molecular flexibility index (Phi) is 5.44. The molecule has 0 aromatic heterocycles. The first-order chi connectivity index (χ1) is 9.52. The minimum absolute atomic E-state index is 0.385. The molecule has 0 amide bonds. The lowest BCUT2D eigenvalue weighted by Crippen LogP contribution is -3.15. The quantitative estimate of drug-likeness (QED) is 0.851. The molecule has 3 heteroatoms. The van der Waals surface area contributed by atoms with Crippen LogP contribution in [0.25, 0.3) is 0 Å². The number of ether oxygens (including phenoxy) is 1. The number of likely N-dealkylation sites (tertiary alicyclic amines) is 1. The van der Waals surface area contributed by atoms with Gasteiger partial charge in [-0.2, -0.15) is 0 Å². The van der Waals surface area contributed by atoms with Crippen molar-refractivity contribution >= 4 is 0 Å². The zero-order valence-electron chi connectivity index (χ0n) is 12.9. The van der Waals surface area contributed by atoms with Crippen LogP contribution >= 0.6 is 0 Å². The maximum Gasteiger partial charge on any atom is 0.137 e. The van der Waals surface area contributed by atoms with E-state index < -0.39 is 0 Å². The number of quaternary nitrogens is 1. The van der Waals surface area contributed by atoms with Crippen molar-refractivity contribution in [2.45, 2.75) is 33.3 Å². The maximum atomic E-state index is 10.2. The Labute approximate surface area is 122 Å². The molecule has 1 aliphatic heterocycles. The van der Waals surface area contributed by atoms with Crippen molar-refractivity contribution in [3.63, 3.8) is 0 Å². The third-order valence-electron chi connectivity index (χ3n) is 4.04. The van der Waals surface area contributed by atoms with Gasteiger partial charge in [0.1, 0.15) is 25.0 Å². The minimum Gasteiger partial charge on any atom is -0.491 e. The van der Waals surface area contributed by atoms with Crippen molar-refractivity contribution < 1.29 is 14.7 Å². The fourth-order valence-corrected chi connectivity index (χ4v) is 3.38. The average Bonchev–Trinajstić information content (AvgIpc) is 2.35. The Morgan fingerprint density at radius 1 is 1.30 bits per heavy atom. The maximum absolute atomic E-state index is 10.2. The molecule has 4 atom stereocenters. The summed E-state index contributed by atoms with van der Waals surface area (Å²) < 4.78 is 5.68. The molecular weight excluding hydrogens is 250 g/mol. The van der Waals surface area contributed by atoms with Gasteiger partial charge in [0.15, 0.2) is 0 Å². The van der Waals surface area contributed by atoms with Crippen LogP contribution in [0.2, 0.25) is 0 Å². The van der Waals surface area contributed by atoms with Crippen LogP contribution in [0.15, 0.2) is 24.3 Å². The van der Waals surface area contributed by atoms with Crippen molar-refractivity contribution in [1.82, 2.24) is 0 Å². The fraction of sp³-hybridized carbons (Fsp3) is 0.647. The van der Waals surface area contributed by atoms with Gasteiger partial charge in [0.25, 0.3) is 0 Å². The van der Waals surface area contributed by atoms with E-state index in [2.05, 4.69) is 13.8 Å². The molecule has 1 heterocycles. The van der Waals surface area contributed by atoms with Gasteiger partial charge >= 0.3 is 0 Å². The lowest BCUT2D eigenvalue weighted by molar-refractivity contribution is -0.915. The number of aryl methyl sites for hydroxylation is 1. The molecular formula is C17H28NO2+. The summed E-state index contributed by atoms with van der Waals surface area (Å²) >= 11 is 0. The van der Waals surface area contributed by atoms with Crippen LogP contribution < -0.4 is 9.64 Å². The predicted octanol–water partition coefficient (Wildman–Crippen LogP) is 1.30. The molecule has 112 valence electrons. The first-order valence-electron chi connectivity index (χ1n) is 7.74. The summed E-state index contributed by atoms with van der Waals surface area (Å²) in [4.78, 5) is 1.51. The molecule has 2 rings (SSSR count). The van der Waals surface area contributed by atoms with Gasteiger partial charge in [-0.3, -0.25) is 0 Å². The smallest absolute Gasteiger partial charge is 0.137 e. The molecule has 0 spiro atoms. The number of benzene rings is 1. The first-order valence-corrected chi connectivity index (χ1v) is 7.74. The van der Waals surface area contributed by atoms with E-state index in [1.165, 1.54) is 30.0 Å². The Hall–Kier alpha value is -1.06. The van der Waals surface area contributed by atoms with E-state index in [9.17, 15) is 5.11 Å². The zero-order chi connectivity index (χ0) is 14.5. The average molecular weight is 278 g/mol. The lowest BCUT2D eigenvalue weighted by Gasteiger charge is -2.33.